The van der Waals surface area contributed by atoms with Crippen molar-refractivity contribution in [1.82, 2.24) is 20.3 Å². The molecule has 2 aromatic heterocycles. The lowest BCUT2D eigenvalue weighted by Gasteiger charge is -2.20. The third-order valence-electron chi connectivity index (χ3n) is 3.86. The smallest absolute Gasteiger partial charge is 0.229 e. The normalized spacial score (nSPS) is 21.2. The van der Waals surface area contributed by atoms with Gasteiger partial charge >= 0.3 is 0 Å². The average Bonchev–Trinajstić information content (AvgIpc) is 3.16. The minimum Gasteiger partial charge on any atom is -0.370 e. The number of hydrogen-bond donors (Lipinski definition) is 1. The first-order valence-electron chi connectivity index (χ1n) is 7.05. The van der Waals surface area contributed by atoms with Crippen molar-refractivity contribution in [1.29, 1.82) is 0 Å². The molecule has 1 aliphatic rings. The lowest BCUT2D eigenvalue weighted by molar-refractivity contribution is -0.121. The Morgan fingerprint density at radius 1 is 1.59 bits per heavy atom. The number of carbonyl (C=O) groups excluding carboxylic acids is 1. The van der Waals surface area contributed by atoms with Crippen molar-refractivity contribution in [2.24, 2.45) is 7.05 Å². The van der Waals surface area contributed by atoms with Crippen LogP contribution >= 0.6 is 11.6 Å². The molecule has 8 heteroatoms. The van der Waals surface area contributed by atoms with Crippen LogP contribution in [0.25, 0.3) is 0 Å². The maximum absolute atomic E-state index is 12.3. The Bertz CT molecular complexity index is 662. The van der Waals surface area contributed by atoms with Crippen LogP contribution in [0.5, 0.6) is 0 Å². The molecule has 1 saturated heterocycles. The third-order valence-corrected chi connectivity index (χ3v) is 4.16. The number of nitrogens with one attached hydrogen (secondary N) is 1. The lowest BCUT2D eigenvalue weighted by atomic mass is 10.1. The standard InChI is InChI=1S/C14H17ClN4O3/c1-8-9(14(15)22-18-8)7-12(20)17-10-4-6-21-13(10)11-3-5-16-19(11)2/h3,5,10,13H,4,6-7H2,1-2H3,(H,17,20)/t10-,13-/m0/s1. The van der Waals surface area contributed by atoms with Crippen LogP contribution in [0.15, 0.2) is 16.8 Å². The Balaban J connectivity index is 1.67. The molecule has 1 fully saturated rings. The molecule has 0 aromatic carbocycles. The number of aryl methyl sites for hydroxylation is 2. The zero-order chi connectivity index (χ0) is 15.7. The number of amides is 1. The number of aromatic nitrogens is 3. The fourth-order valence-electron chi connectivity index (χ4n) is 2.67. The molecule has 1 amide bonds. The molecule has 0 unspecified atom stereocenters. The second-order valence-electron chi connectivity index (χ2n) is 5.33. The van der Waals surface area contributed by atoms with Crippen LogP contribution in [0.3, 0.4) is 0 Å². The van der Waals surface area contributed by atoms with Gasteiger partial charge in [0.2, 0.25) is 11.1 Å². The third kappa shape index (κ3) is 2.86. The van der Waals surface area contributed by atoms with Gasteiger partial charge in [-0.3, -0.25) is 9.48 Å². The minimum atomic E-state index is -0.185. The predicted octanol–water partition coefficient (Wildman–Crippen LogP) is 1.56. The molecular weight excluding hydrogens is 308 g/mol. The molecule has 118 valence electrons. The van der Waals surface area contributed by atoms with E-state index in [9.17, 15) is 4.79 Å². The molecule has 0 aliphatic carbocycles. The first-order chi connectivity index (χ1) is 10.6. The van der Waals surface area contributed by atoms with Gasteiger partial charge < -0.3 is 14.6 Å². The van der Waals surface area contributed by atoms with Crippen molar-refractivity contribution in [2.45, 2.75) is 31.9 Å². The largest absolute Gasteiger partial charge is 0.370 e. The summed E-state index contributed by atoms with van der Waals surface area (Å²) in [5.41, 5.74) is 2.20. The van der Waals surface area contributed by atoms with Gasteiger partial charge in [0.1, 0.15) is 6.10 Å². The summed E-state index contributed by atoms with van der Waals surface area (Å²) in [4.78, 5) is 12.3. The highest BCUT2D eigenvalue weighted by molar-refractivity contribution is 6.29. The van der Waals surface area contributed by atoms with Crippen molar-refractivity contribution in [3.63, 3.8) is 0 Å². The summed E-state index contributed by atoms with van der Waals surface area (Å²) in [6.07, 6.45) is 2.44. The van der Waals surface area contributed by atoms with Gasteiger partial charge in [0, 0.05) is 25.4 Å². The number of hydrogen-bond acceptors (Lipinski definition) is 5. The van der Waals surface area contributed by atoms with E-state index in [2.05, 4.69) is 15.6 Å². The van der Waals surface area contributed by atoms with E-state index in [4.69, 9.17) is 20.9 Å². The summed E-state index contributed by atoms with van der Waals surface area (Å²) in [5, 5.41) is 11.1. The van der Waals surface area contributed by atoms with Gasteiger partial charge in [-0.15, -0.1) is 0 Å². The summed E-state index contributed by atoms with van der Waals surface area (Å²) >= 11 is 5.89. The molecule has 0 spiro atoms. The molecule has 7 nitrogen and oxygen atoms in total. The van der Waals surface area contributed by atoms with Crippen molar-refractivity contribution in [3.05, 3.63) is 34.4 Å². The van der Waals surface area contributed by atoms with Crippen LogP contribution in [0.4, 0.5) is 0 Å². The summed E-state index contributed by atoms with van der Waals surface area (Å²) in [5.74, 6) is -0.129. The number of carbonyl (C=O) groups is 1. The zero-order valence-corrected chi connectivity index (χ0v) is 13.1. The number of rotatable bonds is 4. The SMILES string of the molecule is Cc1noc(Cl)c1CC(=O)N[C@H]1CCO[C@@H]1c1ccnn1C. The molecule has 22 heavy (non-hydrogen) atoms. The van der Waals surface area contributed by atoms with E-state index >= 15 is 0 Å². The van der Waals surface area contributed by atoms with Crippen LogP contribution in [-0.2, 0) is 23.0 Å². The van der Waals surface area contributed by atoms with E-state index in [0.29, 0.717) is 17.9 Å². The minimum absolute atomic E-state index is 0.0816. The predicted molar refractivity (Wildman–Crippen MR) is 78.4 cm³/mol. The van der Waals surface area contributed by atoms with E-state index in [1.165, 1.54) is 0 Å². The van der Waals surface area contributed by atoms with Crippen molar-refractivity contribution in [2.75, 3.05) is 6.61 Å². The highest BCUT2D eigenvalue weighted by Crippen LogP contribution is 2.29. The molecule has 0 bridgehead atoms. The van der Waals surface area contributed by atoms with Crippen LogP contribution in [0.2, 0.25) is 5.22 Å². The molecule has 0 radical (unpaired) electrons. The van der Waals surface area contributed by atoms with Crippen LogP contribution in [0.1, 0.15) is 29.5 Å². The molecule has 0 saturated carbocycles. The molecule has 1 aliphatic heterocycles. The van der Waals surface area contributed by atoms with E-state index in [-0.39, 0.29) is 29.7 Å². The van der Waals surface area contributed by atoms with Gasteiger partial charge in [-0.1, -0.05) is 5.16 Å². The Morgan fingerprint density at radius 2 is 2.41 bits per heavy atom. The number of halogens is 1. The number of ether oxygens (including phenoxy) is 1. The molecule has 3 rings (SSSR count). The molecule has 1 N–H and O–H groups in total. The highest BCUT2D eigenvalue weighted by Gasteiger charge is 2.33. The maximum atomic E-state index is 12.3. The monoisotopic (exact) mass is 324 g/mol. The second kappa shape index (κ2) is 6.10. The van der Waals surface area contributed by atoms with E-state index < -0.39 is 0 Å². The first-order valence-corrected chi connectivity index (χ1v) is 7.43. The summed E-state index contributed by atoms with van der Waals surface area (Å²) in [7, 11) is 1.86. The maximum Gasteiger partial charge on any atom is 0.229 e. The molecule has 2 aromatic rings. The van der Waals surface area contributed by atoms with Crippen LogP contribution < -0.4 is 5.32 Å². The summed E-state index contributed by atoms with van der Waals surface area (Å²) in [6, 6.07) is 1.82. The van der Waals surface area contributed by atoms with E-state index in [0.717, 1.165) is 12.1 Å². The van der Waals surface area contributed by atoms with Crippen molar-refractivity contribution < 1.29 is 14.1 Å². The molecule has 3 heterocycles. The van der Waals surface area contributed by atoms with Crippen molar-refractivity contribution in [3.8, 4) is 0 Å². The van der Waals surface area contributed by atoms with Gasteiger partial charge in [0.05, 0.1) is 23.9 Å². The summed E-state index contributed by atoms with van der Waals surface area (Å²) in [6.45, 7) is 2.36. The highest BCUT2D eigenvalue weighted by atomic mass is 35.5. The fraction of sp³-hybridized carbons (Fsp3) is 0.500. The second-order valence-corrected chi connectivity index (χ2v) is 5.67. The van der Waals surface area contributed by atoms with E-state index in [1.807, 2.05) is 13.1 Å². The first kappa shape index (κ1) is 15.1. The topological polar surface area (TPSA) is 82.2 Å². The van der Waals surface area contributed by atoms with Gasteiger partial charge in [0.15, 0.2) is 0 Å². The molecule has 2 atom stereocenters. The van der Waals surface area contributed by atoms with Gasteiger partial charge in [0.25, 0.3) is 0 Å². The lowest BCUT2D eigenvalue weighted by Crippen LogP contribution is -2.38. The van der Waals surface area contributed by atoms with Gasteiger partial charge in [-0.2, -0.15) is 5.10 Å². The van der Waals surface area contributed by atoms with Crippen molar-refractivity contribution >= 4 is 17.5 Å². The number of nitrogens with zero attached hydrogens (tertiary/aromatic N) is 3. The quantitative estimate of drug-likeness (QED) is 0.923. The average molecular weight is 325 g/mol. The van der Waals surface area contributed by atoms with Gasteiger partial charge in [-0.05, 0) is 31.0 Å². The Labute approximate surface area is 132 Å². The van der Waals surface area contributed by atoms with Gasteiger partial charge in [-0.25, -0.2) is 0 Å². The summed E-state index contributed by atoms with van der Waals surface area (Å²) < 4.78 is 12.4. The Kier molecular flexibility index (Phi) is 4.17. The van der Waals surface area contributed by atoms with Crippen LogP contribution in [0, 0.1) is 6.92 Å². The molecular formula is C14H17ClN4O3. The van der Waals surface area contributed by atoms with E-state index in [1.54, 1.807) is 17.8 Å². The van der Waals surface area contributed by atoms with Crippen LogP contribution in [-0.4, -0.2) is 33.5 Å². The Morgan fingerprint density at radius 3 is 3.05 bits per heavy atom. The zero-order valence-electron chi connectivity index (χ0n) is 12.4. The Hall–Kier alpha value is -1.86. The fourth-order valence-corrected chi connectivity index (χ4v) is 2.91.